The van der Waals surface area contributed by atoms with Crippen LogP contribution in [-0.4, -0.2) is 40.5 Å². The number of thioether (sulfide) groups is 1. The number of halogens is 1. The summed E-state index contributed by atoms with van der Waals surface area (Å²) in [6.45, 7) is 0.672. The smallest absolute Gasteiger partial charge is 0.262 e. The number of benzene rings is 1. The van der Waals surface area contributed by atoms with Crippen molar-refractivity contribution in [1.29, 1.82) is 5.26 Å². The minimum atomic E-state index is -0.766. The third-order valence-corrected chi connectivity index (χ3v) is 6.00. The van der Waals surface area contributed by atoms with Gasteiger partial charge in [-0.15, -0.1) is 0 Å². The molecule has 0 radical (unpaired) electrons. The van der Waals surface area contributed by atoms with Crippen LogP contribution >= 0.6 is 23.4 Å². The maximum Gasteiger partial charge on any atom is 0.262 e. The first-order valence-corrected chi connectivity index (χ1v) is 10.4. The van der Waals surface area contributed by atoms with Gasteiger partial charge in [0.05, 0.1) is 35.9 Å². The zero-order valence-corrected chi connectivity index (χ0v) is 17.1. The SMILES string of the molecule is COCCn1c(SCC(=O)NC2(C#N)CCCC2)nc2cc(Cl)ccc2c1=O. The van der Waals surface area contributed by atoms with Crippen LogP contribution < -0.4 is 10.9 Å². The second kappa shape index (κ2) is 8.95. The number of nitrogens with one attached hydrogen (secondary N) is 1. The van der Waals surface area contributed by atoms with E-state index < -0.39 is 5.54 Å². The Hall–Kier alpha value is -2.08. The van der Waals surface area contributed by atoms with Crippen molar-refractivity contribution < 1.29 is 9.53 Å². The molecule has 1 amide bonds. The number of nitriles is 1. The fraction of sp³-hybridized carbons (Fsp3) is 0.474. The molecule has 28 heavy (non-hydrogen) atoms. The number of amides is 1. The Labute approximate surface area is 172 Å². The number of rotatable bonds is 7. The Morgan fingerprint density at radius 1 is 1.46 bits per heavy atom. The Morgan fingerprint density at radius 3 is 2.89 bits per heavy atom. The summed E-state index contributed by atoms with van der Waals surface area (Å²) in [4.78, 5) is 29.8. The van der Waals surface area contributed by atoms with Crippen LogP contribution in [0.15, 0.2) is 28.2 Å². The number of hydrogen-bond donors (Lipinski definition) is 1. The summed E-state index contributed by atoms with van der Waals surface area (Å²) >= 11 is 7.20. The van der Waals surface area contributed by atoms with E-state index in [1.807, 2.05) is 0 Å². The summed E-state index contributed by atoms with van der Waals surface area (Å²) in [5, 5.41) is 13.6. The van der Waals surface area contributed by atoms with E-state index in [1.165, 1.54) is 4.57 Å². The number of carbonyl (C=O) groups is 1. The summed E-state index contributed by atoms with van der Waals surface area (Å²) in [6, 6.07) is 7.17. The number of fused-ring (bicyclic) bond motifs is 1. The minimum Gasteiger partial charge on any atom is -0.383 e. The molecule has 1 aromatic heterocycles. The lowest BCUT2D eigenvalue weighted by Gasteiger charge is -2.22. The van der Waals surface area contributed by atoms with E-state index in [2.05, 4.69) is 16.4 Å². The minimum absolute atomic E-state index is 0.0644. The first-order valence-electron chi connectivity index (χ1n) is 9.02. The number of ether oxygens (including phenoxy) is 1. The van der Waals surface area contributed by atoms with Crippen molar-refractivity contribution in [3.05, 3.63) is 33.6 Å². The predicted octanol–water partition coefficient (Wildman–Crippen LogP) is 2.74. The first-order chi connectivity index (χ1) is 13.5. The van der Waals surface area contributed by atoms with Crippen molar-refractivity contribution in [1.82, 2.24) is 14.9 Å². The van der Waals surface area contributed by atoms with Crippen molar-refractivity contribution in [2.45, 2.75) is 42.9 Å². The molecule has 0 bridgehead atoms. The van der Waals surface area contributed by atoms with Crippen LogP contribution in [0.3, 0.4) is 0 Å². The molecule has 1 saturated carbocycles. The lowest BCUT2D eigenvalue weighted by Crippen LogP contribution is -2.45. The van der Waals surface area contributed by atoms with E-state index >= 15 is 0 Å². The standard InChI is InChI=1S/C19H21ClN4O3S/c1-27-9-8-24-17(26)14-5-4-13(20)10-15(14)22-18(24)28-11-16(25)23-19(12-21)6-2-3-7-19/h4-5,10H,2-3,6-9,11H2,1H3,(H,23,25). The van der Waals surface area contributed by atoms with Gasteiger partial charge >= 0.3 is 0 Å². The van der Waals surface area contributed by atoms with Crippen molar-refractivity contribution in [3.8, 4) is 6.07 Å². The molecule has 0 atom stereocenters. The molecule has 3 rings (SSSR count). The number of carbonyl (C=O) groups excluding carboxylic acids is 1. The fourth-order valence-corrected chi connectivity index (χ4v) is 4.33. The van der Waals surface area contributed by atoms with Crippen molar-refractivity contribution >= 4 is 40.2 Å². The zero-order valence-electron chi connectivity index (χ0n) is 15.5. The molecule has 1 aromatic carbocycles. The van der Waals surface area contributed by atoms with Gasteiger partial charge in [-0.25, -0.2) is 4.98 Å². The maximum absolute atomic E-state index is 12.9. The van der Waals surface area contributed by atoms with E-state index in [0.29, 0.717) is 47.1 Å². The van der Waals surface area contributed by atoms with Crippen molar-refractivity contribution in [2.75, 3.05) is 19.5 Å². The van der Waals surface area contributed by atoms with E-state index in [4.69, 9.17) is 16.3 Å². The van der Waals surface area contributed by atoms with Crippen LogP contribution in [0.1, 0.15) is 25.7 Å². The molecule has 0 spiro atoms. The molecule has 0 aliphatic heterocycles. The lowest BCUT2D eigenvalue weighted by atomic mass is 10.0. The van der Waals surface area contributed by atoms with Gasteiger partial charge in [0, 0.05) is 12.1 Å². The van der Waals surface area contributed by atoms with E-state index in [1.54, 1.807) is 25.3 Å². The highest BCUT2D eigenvalue weighted by Gasteiger charge is 2.35. The van der Waals surface area contributed by atoms with Gasteiger partial charge in [-0.05, 0) is 43.9 Å². The molecule has 148 valence electrons. The largest absolute Gasteiger partial charge is 0.383 e. The summed E-state index contributed by atoms with van der Waals surface area (Å²) in [5.41, 5.74) is -0.484. The summed E-state index contributed by atoms with van der Waals surface area (Å²) in [5.74, 6) is -0.179. The van der Waals surface area contributed by atoms with Crippen molar-refractivity contribution in [3.63, 3.8) is 0 Å². The van der Waals surface area contributed by atoms with Gasteiger partial charge in [0.15, 0.2) is 5.16 Å². The van der Waals surface area contributed by atoms with Crippen LogP contribution in [-0.2, 0) is 16.1 Å². The molecule has 7 nitrogen and oxygen atoms in total. The van der Waals surface area contributed by atoms with Crippen LogP contribution in [0.5, 0.6) is 0 Å². The molecule has 0 unspecified atom stereocenters. The molecule has 1 heterocycles. The average molecular weight is 421 g/mol. The van der Waals surface area contributed by atoms with Gasteiger partial charge in [0.1, 0.15) is 5.54 Å². The number of aromatic nitrogens is 2. The average Bonchev–Trinajstić information content (AvgIpc) is 3.14. The molecule has 9 heteroatoms. The molecular weight excluding hydrogens is 400 g/mol. The van der Waals surface area contributed by atoms with Crippen LogP contribution in [0, 0.1) is 11.3 Å². The fourth-order valence-electron chi connectivity index (χ4n) is 3.34. The van der Waals surface area contributed by atoms with Crippen LogP contribution in [0.2, 0.25) is 5.02 Å². The summed E-state index contributed by atoms with van der Waals surface area (Å²) < 4.78 is 6.60. The molecular formula is C19H21ClN4O3S. The molecule has 0 saturated heterocycles. The number of methoxy groups -OCH3 is 1. The molecule has 1 aliphatic rings. The monoisotopic (exact) mass is 420 g/mol. The Balaban J connectivity index is 1.83. The third kappa shape index (κ3) is 4.49. The maximum atomic E-state index is 12.9. The van der Waals surface area contributed by atoms with E-state index in [-0.39, 0.29) is 17.2 Å². The number of nitrogens with zero attached hydrogens (tertiary/aromatic N) is 3. The highest BCUT2D eigenvalue weighted by Crippen LogP contribution is 2.29. The summed E-state index contributed by atoms with van der Waals surface area (Å²) in [6.07, 6.45) is 3.21. The topological polar surface area (TPSA) is 97.0 Å². The lowest BCUT2D eigenvalue weighted by molar-refractivity contribution is -0.119. The second-order valence-corrected chi connectivity index (χ2v) is 8.12. The van der Waals surface area contributed by atoms with Gasteiger partial charge in [-0.2, -0.15) is 5.26 Å². The van der Waals surface area contributed by atoms with Crippen LogP contribution in [0.4, 0.5) is 0 Å². The van der Waals surface area contributed by atoms with Gasteiger partial charge < -0.3 is 10.1 Å². The normalized spacial score (nSPS) is 15.5. The Bertz CT molecular complexity index is 980. The highest BCUT2D eigenvalue weighted by molar-refractivity contribution is 7.99. The molecule has 1 aliphatic carbocycles. The highest BCUT2D eigenvalue weighted by atomic mass is 35.5. The second-order valence-electron chi connectivity index (χ2n) is 6.74. The Morgan fingerprint density at radius 2 is 2.21 bits per heavy atom. The Kier molecular flexibility index (Phi) is 6.60. The van der Waals surface area contributed by atoms with Gasteiger partial charge in [0.25, 0.3) is 5.56 Å². The third-order valence-electron chi connectivity index (χ3n) is 4.78. The summed E-state index contributed by atoms with van der Waals surface area (Å²) in [7, 11) is 1.56. The quantitative estimate of drug-likeness (QED) is 0.546. The predicted molar refractivity (Wildman–Crippen MR) is 109 cm³/mol. The zero-order chi connectivity index (χ0) is 20.1. The molecule has 2 aromatic rings. The van der Waals surface area contributed by atoms with Crippen LogP contribution in [0.25, 0.3) is 10.9 Å². The van der Waals surface area contributed by atoms with Gasteiger partial charge in [-0.1, -0.05) is 23.4 Å². The van der Waals surface area contributed by atoms with E-state index in [9.17, 15) is 14.9 Å². The first kappa shape index (κ1) is 20.6. The number of hydrogen-bond acceptors (Lipinski definition) is 6. The van der Waals surface area contributed by atoms with Gasteiger partial charge in [-0.3, -0.25) is 14.2 Å². The van der Waals surface area contributed by atoms with E-state index in [0.717, 1.165) is 24.6 Å². The van der Waals surface area contributed by atoms with Crippen molar-refractivity contribution in [2.24, 2.45) is 0 Å². The molecule has 1 fully saturated rings. The molecule has 1 N–H and O–H groups in total. The van der Waals surface area contributed by atoms with Gasteiger partial charge in [0.2, 0.25) is 5.91 Å².